The Balaban J connectivity index is 2.01. The van der Waals surface area contributed by atoms with Gasteiger partial charge in [0.05, 0.1) is 16.2 Å². The third-order valence-corrected chi connectivity index (χ3v) is 5.17. The van der Waals surface area contributed by atoms with E-state index in [1.54, 1.807) is 20.8 Å². The number of hydrogen-bond acceptors (Lipinski definition) is 5. The molecule has 8 nitrogen and oxygen atoms in total. The van der Waals surface area contributed by atoms with E-state index >= 15 is 0 Å². The summed E-state index contributed by atoms with van der Waals surface area (Å²) in [7, 11) is -3.64. The number of nitro benzene ring substituents is 1. The molecule has 0 aromatic heterocycles. The lowest BCUT2D eigenvalue weighted by Crippen LogP contribution is -2.40. The molecule has 9 heteroatoms. The van der Waals surface area contributed by atoms with E-state index in [2.05, 4.69) is 10.0 Å². The van der Waals surface area contributed by atoms with Crippen molar-refractivity contribution in [2.45, 2.75) is 37.6 Å². The van der Waals surface area contributed by atoms with Gasteiger partial charge in [-0.2, -0.15) is 0 Å². The van der Waals surface area contributed by atoms with Gasteiger partial charge in [0.2, 0.25) is 15.9 Å². The summed E-state index contributed by atoms with van der Waals surface area (Å²) >= 11 is 0. The van der Waals surface area contributed by atoms with Gasteiger partial charge in [0.15, 0.2) is 0 Å². The topological polar surface area (TPSA) is 118 Å². The van der Waals surface area contributed by atoms with Crippen molar-refractivity contribution in [3.05, 3.63) is 64.2 Å². The predicted molar refractivity (Wildman–Crippen MR) is 102 cm³/mol. The summed E-state index contributed by atoms with van der Waals surface area (Å²) in [6.45, 7) is 5.24. The van der Waals surface area contributed by atoms with Crippen molar-refractivity contribution < 1.29 is 18.1 Å². The van der Waals surface area contributed by atoms with Crippen LogP contribution in [0, 0.1) is 10.1 Å². The Morgan fingerprint density at radius 3 is 2.07 bits per heavy atom. The number of anilines is 1. The number of nitro groups is 1. The van der Waals surface area contributed by atoms with Gasteiger partial charge < -0.3 is 5.32 Å². The first kappa shape index (κ1) is 20.5. The van der Waals surface area contributed by atoms with Gasteiger partial charge in [-0.1, -0.05) is 12.1 Å². The molecule has 0 aliphatic rings. The normalized spacial score (nSPS) is 11.8. The van der Waals surface area contributed by atoms with Crippen LogP contribution in [0.1, 0.15) is 26.3 Å². The fourth-order valence-corrected chi connectivity index (χ4v) is 3.72. The molecule has 0 heterocycles. The predicted octanol–water partition coefficient (Wildman–Crippen LogP) is 2.85. The number of sulfonamides is 1. The molecule has 2 aromatic carbocycles. The summed E-state index contributed by atoms with van der Waals surface area (Å²) in [5.41, 5.74) is 0.444. The van der Waals surface area contributed by atoms with Crippen molar-refractivity contribution in [1.82, 2.24) is 4.72 Å². The lowest BCUT2D eigenvalue weighted by molar-refractivity contribution is -0.384. The molecule has 2 rings (SSSR count). The van der Waals surface area contributed by atoms with E-state index in [0.717, 1.165) is 0 Å². The molecule has 0 bridgehead atoms. The Morgan fingerprint density at radius 2 is 1.59 bits per heavy atom. The van der Waals surface area contributed by atoms with Crippen LogP contribution in [0.2, 0.25) is 0 Å². The molecule has 2 aromatic rings. The molecule has 0 spiro atoms. The molecule has 0 fully saturated rings. The van der Waals surface area contributed by atoms with E-state index < -0.39 is 20.5 Å². The third kappa shape index (κ3) is 6.15. The van der Waals surface area contributed by atoms with Crippen LogP contribution in [0.15, 0.2) is 53.4 Å². The molecular formula is C18H21N3O5S. The molecule has 1 amide bonds. The monoisotopic (exact) mass is 391 g/mol. The van der Waals surface area contributed by atoms with Gasteiger partial charge in [-0.15, -0.1) is 0 Å². The van der Waals surface area contributed by atoms with Crippen molar-refractivity contribution in [3.8, 4) is 0 Å². The standard InChI is InChI=1S/C18H21N3O5S/c1-18(2,3)20-27(25,26)16-10-6-14(7-11-16)19-17(22)12-13-4-8-15(9-5-13)21(23)24/h4-11,20H,12H2,1-3H3,(H,19,22). The zero-order valence-corrected chi connectivity index (χ0v) is 16.0. The average Bonchev–Trinajstić information content (AvgIpc) is 2.53. The highest BCUT2D eigenvalue weighted by atomic mass is 32.2. The van der Waals surface area contributed by atoms with E-state index in [0.29, 0.717) is 11.3 Å². The molecule has 144 valence electrons. The Kier molecular flexibility index (Phi) is 5.97. The number of rotatable bonds is 6. The van der Waals surface area contributed by atoms with Crippen molar-refractivity contribution in [3.63, 3.8) is 0 Å². The van der Waals surface area contributed by atoms with Gasteiger partial charge in [-0.05, 0) is 50.6 Å². The highest BCUT2D eigenvalue weighted by Crippen LogP contribution is 2.17. The number of carbonyl (C=O) groups excluding carboxylic acids is 1. The van der Waals surface area contributed by atoms with Crippen molar-refractivity contribution in [2.75, 3.05) is 5.32 Å². The fraction of sp³-hybridized carbons (Fsp3) is 0.278. The molecule has 2 N–H and O–H groups in total. The number of non-ortho nitro benzene ring substituents is 1. The molecule has 0 unspecified atom stereocenters. The highest BCUT2D eigenvalue weighted by molar-refractivity contribution is 7.89. The Bertz CT molecular complexity index is 930. The van der Waals surface area contributed by atoms with E-state index in [1.807, 2.05) is 0 Å². The lowest BCUT2D eigenvalue weighted by Gasteiger charge is -2.20. The SMILES string of the molecule is CC(C)(C)NS(=O)(=O)c1ccc(NC(=O)Cc2ccc([N+](=O)[O-])cc2)cc1. The molecule has 0 saturated carbocycles. The first-order valence-corrected chi connectivity index (χ1v) is 9.62. The minimum Gasteiger partial charge on any atom is -0.326 e. The number of nitrogens with one attached hydrogen (secondary N) is 2. The zero-order chi connectivity index (χ0) is 20.2. The van der Waals surface area contributed by atoms with Crippen LogP contribution in [-0.4, -0.2) is 24.8 Å². The molecule has 0 aliphatic heterocycles. The van der Waals surface area contributed by atoms with Crippen molar-refractivity contribution >= 4 is 27.3 Å². The van der Waals surface area contributed by atoms with Crippen LogP contribution < -0.4 is 10.0 Å². The minimum atomic E-state index is -3.64. The number of hydrogen-bond donors (Lipinski definition) is 2. The summed E-state index contributed by atoms with van der Waals surface area (Å²) < 4.78 is 27.1. The molecular weight excluding hydrogens is 370 g/mol. The van der Waals surface area contributed by atoms with Crippen LogP contribution in [0.3, 0.4) is 0 Å². The zero-order valence-electron chi connectivity index (χ0n) is 15.2. The first-order valence-electron chi connectivity index (χ1n) is 8.13. The van der Waals surface area contributed by atoms with Crippen LogP contribution >= 0.6 is 0 Å². The van der Waals surface area contributed by atoms with Crippen molar-refractivity contribution in [1.29, 1.82) is 0 Å². The summed E-state index contributed by atoms with van der Waals surface area (Å²) in [6, 6.07) is 11.5. The Hall–Kier alpha value is -2.78. The quantitative estimate of drug-likeness (QED) is 0.580. The van der Waals surface area contributed by atoms with Gasteiger partial charge in [0.1, 0.15) is 0 Å². The van der Waals surface area contributed by atoms with Crippen LogP contribution in [0.5, 0.6) is 0 Å². The second kappa shape index (κ2) is 7.85. The van der Waals surface area contributed by atoms with E-state index in [9.17, 15) is 23.3 Å². The van der Waals surface area contributed by atoms with E-state index in [4.69, 9.17) is 0 Å². The summed E-state index contributed by atoms with van der Waals surface area (Å²) in [5.74, 6) is -0.313. The smallest absolute Gasteiger partial charge is 0.269 e. The Labute approximate surface area is 157 Å². The van der Waals surface area contributed by atoms with Crippen molar-refractivity contribution in [2.24, 2.45) is 0 Å². The summed E-state index contributed by atoms with van der Waals surface area (Å²) in [6.07, 6.45) is 0.0453. The van der Waals surface area contributed by atoms with Gasteiger partial charge in [0, 0.05) is 23.4 Å². The second-order valence-corrected chi connectivity index (χ2v) is 8.71. The first-order chi connectivity index (χ1) is 12.5. The van der Waals surface area contributed by atoms with Crippen LogP contribution in [0.25, 0.3) is 0 Å². The Morgan fingerprint density at radius 1 is 1.04 bits per heavy atom. The fourth-order valence-electron chi connectivity index (χ4n) is 2.31. The molecule has 0 saturated heterocycles. The summed E-state index contributed by atoms with van der Waals surface area (Å²) in [4.78, 5) is 22.3. The highest BCUT2D eigenvalue weighted by Gasteiger charge is 2.21. The number of amides is 1. The molecule has 27 heavy (non-hydrogen) atoms. The van der Waals surface area contributed by atoms with Gasteiger partial charge >= 0.3 is 0 Å². The third-order valence-electron chi connectivity index (χ3n) is 3.40. The second-order valence-electron chi connectivity index (χ2n) is 7.03. The number of nitrogens with zero attached hydrogens (tertiary/aromatic N) is 1. The number of benzene rings is 2. The molecule has 0 radical (unpaired) electrons. The van der Waals surface area contributed by atoms with Gasteiger partial charge in [-0.3, -0.25) is 14.9 Å². The maximum Gasteiger partial charge on any atom is 0.269 e. The lowest BCUT2D eigenvalue weighted by atomic mass is 10.1. The maximum atomic E-state index is 12.3. The van der Waals surface area contributed by atoms with Gasteiger partial charge in [-0.25, -0.2) is 13.1 Å². The molecule has 0 aliphatic carbocycles. The van der Waals surface area contributed by atoms with Crippen LogP contribution in [0.4, 0.5) is 11.4 Å². The summed E-state index contributed by atoms with van der Waals surface area (Å²) in [5, 5.41) is 13.3. The maximum absolute atomic E-state index is 12.3. The van der Waals surface area contributed by atoms with Crippen LogP contribution in [-0.2, 0) is 21.2 Å². The molecule has 0 atom stereocenters. The van der Waals surface area contributed by atoms with Gasteiger partial charge in [0.25, 0.3) is 5.69 Å². The minimum absolute atomic E-state index is 0.0418. The largest absolute Gasteiger partial charge is 0.326 e. The average molecular weight is 391 g/mol. The van der Waals surface area contributed by atoms with E-state index in [-0.39, 0.29) is 22.9 Å². The number of carbonyl (C=O) groups is 1. The van der Waals surface area contributed by atoms with E-state index in [1.165, 1.54) is 48.5 Å².